The number of methoxy groups -OCH3 is 1. The molecule has 0 aliphatic heterocycles. The number of ether oxygens (including phenoxy) is 1. The lowest BCUT2D eigenvalue weighted by atomic mass is 10.2. The average molecular weight is 336 g/mol. The summed E-state index contributed by atoms with van der Waals surface area (Å²) in [6, 6.07) is 5.00. The van der Waals surface area contributed by atoms with Crippen LogP contribution >= 0.6 is 0 Å². The van der Waals surface area contributed by atoms with Crippen molar-refractivity contribution in [2.24, 2.45) is 5.73 Å². The summed E-state index contributed by atoms with van der Waals surface area (Å²) in [6.07, 6.45) is 5.01. The van der Waals surface area contributed by atoms with Crippen molar-refractivity contribution in [3.05, 3.63) is 30.6 Å². The van der Waals surface area contributed by atoms with E-state index in [2.05, 4.69) is 10.3 Å². The van der Waals surface area contributed by atoms with Crippen LogP contribution < -0.4 is 15.8 Å². The van der Waals surface area contributed by atoms with Gasteiger partial charge in [-0.05, 0) is 19.1 Å². The van der Waals surface area contributed by atoms with Gasteiger partial charge < -0.3 is 15.8 Å². The minimum absolute atomic E-state index is 0.200. The Kier molecular flexibility index (Phi) is 5.51. The van der Waals surface area contributed by atoms with Gasteiger partial charge in [-0.3, -0.25) is 13.6 Å². The van der Waals surface area contributed by atoms with Crippen molar-refractivity contribution in [3.63, 3.8) is 0 Å². The Morgan fingerprint density at radius 2 is 2.26 bits per heavy atom. The molecular formula is C15H20N4O3S. The molecule has 0 aliphatic rings. The Hall–Kier alpha value is -2.19. The molecule has 0 saturated heterocycles. The van der Waals surface area contributed by atoms with Gasteiger partial charge in [-0.2, -0.15) is 0 Å². The maximum atomic E-state index is 12.0. The molecule has 1 aromatic heterocycles. The number of carbonyl (C=O) groups excluding carboxylic acids is 1. The number of anilines is 1. The van der Waals surface area contributed by atoms with Crippen molar-refractivity contribution >= 4 is 22.4 Å². The third kappa shape index (κ3) is 4.17. The van der Waals surface area contributed by atoms with Crippen molar-refractivity contribution in [1.29, 1.82) is 0 Å². The standard InChI is InChI=1S/C15H20N4O3S/c1-10(16)8-14(20)18-12-9-11(22-2)4-5-13(12)19-7-6-17-15(19)23(3)21/h4-7,9-10H,8,16H2,1-3H3,(H,18,20). The Balaban J connectivity index is 2.44. The second kappa shape index (κ2) is 7.38. The van der Waals surface area contributed by atoms with E-state index < -0.39 is 10.8 Å². The van der Waals surface area contributed by atoms with Gasteiger partial charge in [0.1, 0.15) is 5.75 Å². The molecule has 0 bridgehead atoms. The third-order valence-corrected chi connectivity index (χ3v) is 3.92. The fourth-order valence-electron chi connectivity index (χ4n) is 2.13. The van der Waals surface area contributed by atoms with E-state index in [9.17, 15) is 9.00 Å². The van der Waals surface area contributed by atoms with Gasteiger partial charge in [0.05, 0.1) is 29.3 Å². The van der Waals surface area contributed by atoms with Crippen LogP contribution in [0.4, 0.5) is 5.69 Å². The normalized spacial score (nSPS) is 13.4. The quantitative estimate of drug-likeness (QED) is 0.828. The van der Waals surface area contributed by atoms with Crippen LogP contribution in [-0.4, -0.2) is 39.1 Å². The number of imidazole rings is 1. The Labute approximate surface area is 137 Å². The molecule has 8 heteroatoms. The maximum absolute atomic E-state index is 12.0. The molecule has 2 rings (SSSR count). The number of aromatic nitrogens is 2. The van der Waals surface area contributed by atoms with Crippen molar-refractivity contribution in [3.8, 4) is 11.4 Å². The Morgan fingerprint density at radius 1 is 1.52 bits per heavy atom. The van der Waals surface area contributed by atoms with Crippen molar-refractivity contribution in [1.82, 2.24) is 9.55 Å². The molecule has 7 nitrogen and oxygen atoms in total. The molecule has 1 heterocycles. The molecule has 124 valence electrons. The summed E-state index contributed by atoms with van der Waals surface area (Å²) in [6.45, 7) is 1.76. The highest BCUT2D eigenvalue weighted by Gasteiger charge is 2.15. The predicted octanol–water partition coefficient (Wildman–Crippen LogP) is 1.29. The lowest BCUT2D eigenvalue weighted by molar-refractivity contribution is -0.116. The summed E-state index contributed by atoms with van der Waals surface area (Å²) in [4.78, 5) is 16.1. The van der Waals surface area contributed by atoms with Gasteiger partial charge in [0.15, 0.2) is 0 Å². The number of nitrogens with zero attached hydrogens (tertiary/aromatic N) is 2. The summed E-state index contributed by atoms with van der Waals surface area (Å²) < 4.78 is 18.7. The fraction of sp³-hybridized carbons (Fsp3) is 0.333. The molecule has 0 aliphatic carbocycles. The first-order valence-electron chi connectivity index (χ1n) is 7.03. The number of carbonyl (C=O) groups is 1. The molecule has 1 aromatic carbocycles. The zero-order valence-corrected chi connectivity index (χ0v) is 14.1. The van der Waals surface area contributed by atoms with Crippen LogP contribution in [0, 0.1) is 0 Å². The minimum atomic E-state index is -1.26. The average Bonchev–Trinajstić information content (AvgIpc) is 2.95. The fourth-order valence-corrected chi connectivity index (χ4v) is 2.78. The summed E-state index contributed by atoms with van der Waals surface area (Å²) in [7, 11) is 0.289. The van der Waals surface area contributed by atoms with Crippen LogP contribution in [0.25, 0.3) is 5.69 Å². The first-order valence-corrected chi connectivity index (χ1v) is 8.58. The van der Waals surface area contributed by atoms with Crippen LogP contribution in [0.2, 0.25) is 0 Å². The van der Waals surface area contributed by atoms with Gasteiger partial charge in [0, 0.05) is 37.2 Å². The molecule has 2 unspecified atom stereocenters. The molecule has 2 aromatic rings. The first-order chi connectivity index (χ1) is 10.9. The molecule has 0 fully saturated rings. The van der Waals surface area contributed by atoms with E-state index in [0.717, 1.165) is 0 Å². The van der Waals surface area contributed by atoms with Crippen LogP contribution in [-0.2, 0) is 15.6 Å². The lowest BCUT2D eigenvalue weighted by Gasteiger charge is -2.15. The van der Waals surface area contributed by atoms with E-state index in [1.165, 1.54) is 0 Å². The molecule has 3 N–H and O–H groups in total. The van der Waals surface area contributed by atoms with Gasteiger partial charge in [-0.15, -0.1) is 0 Å². The Morgan fingerprint density at radius 3 is 2.87 bits per heavy atom. The molecule has 1 amide bonds. The number of amides is 1. The van der Waals surface area contributed by atoms with E-state index in [1.807, 2.05) is 0 Å². The number of rotatable bonds is 6. The van der Waals surface area contributed by atoms with Crippen LogP contribution in [0.5, 0.6) is 5.75 Å². The number of benzene rings is 1. The maximum Gasteiger partial charge on any atom is 0.225 e. The molecule has 0 radical (unpaired) electrons. The van der Waals surface area contributed by atoms with E-state index in [1.54, 1.807) is 55.4 Å². The van der Waals surface area contributed by atoms with Crippen molar-refractivity contribution in [2.45, 2.75) is 24.5 Å². The number of hydrogen-bond acceptors (Lipinski definition) is 5. The monoisotopic (exact) mass is 336 g/mol. The lowest BCUT2D eigenvalue weighted by Crippen LogP contribution is -2.24. The van der Waals surface area contributed by atoms with Crippen molar-refractivity contribution in [2.75, 3.05) is 18.7 Å². The summed E-state index contributed by atoms with van der Waals surface area (Å²) in [5, 5.41) is 3.23. The molecule has 0 saturated carbocycles. The molecule has 23 heavy (non-hydrogen) atoms. The van der Waals surface area contributed by atoms with Crippen molar-refractivity contribution < 1.29 is 13.7 Å². The van der Waals surface area contributed by atoms with Gasteiger partial charge in [0.2, 0.25) is 11.1 Å². The highest BCUT2D eigenvalue weighted by Crippen LogP contribution is 2.27. The van der Waals surface area contributed by atoms with E-state index in [-0.39, 0.29) is 18.4 Å². The topological polar surface area (TPSA) is 99.2 Å². The van der Waals surface area contributed by atoms with Crippen LogP contribution in [0.3, 0.4) is 0 Å². The molecule has 0 spiro atoms. The predicted molar refractivity (Wildman–Crippen MR) is 89.3 cm³/mol. The van der Waals surface area contributed by atoms with Gasteiger partial charge in [-0.25, -0.2) is 4.98 Å². The first kappa shape index (κ1) is 17.2. The highest BCUT2D eigenvalue weighted by molar-refractivity contribution is 7.84. The summed E-state index contributed by atoms with van der Waals surface area (Å²) >= 11 is 0. The van der Waals surface area contributed by atoms with E-state index in [0.29, 0.717) is 22.3 Å². The third-order valence-electron chi connectivity index (χ3n) is 3.11. The minimum Gasteiger partial charge on any atom is -0.497 e. The van der Waals surface area contributed by atoms with Gasteiger partial charge in [-0.1, -0.05) is 0 Å². The van der Waals surface area contributed by atoms with Gasteiger partial charge >= 0.3 is 0 Å². The largest absolute Gasteiger partial charge is 0.497 e. The second-order valence-corrected chi connectivity index (χ2v) is 6.42. The Bertz CT molecular complexity index is 727. The van der Waals surface area contributed by atoms with Crippen LogP contribution in [0.15, 0.2) is 35.7 Å². The van der Waals surface area contributed by atoms with E-state index >= 15 is 0 Å². The molecular weight excluding hydrogens is 316 g/mol. The highest BCUT2D eigenvalue weighted by atomic mass is 32.2. The zero-order chi connectivity index (χ0) is 17.0. The summed E-state index contributed by atoms with van der Waals surface area (Å²) in [5.74, 6) is 0.401. The van der Waals surface area contributed by atoms with Crippen LogP contribution in [0.1, 0.15) is 13.3 Å². The smallest absolute Gasteiger partial charge is 0.225 e. The van der Waals surface area contributed by atoms with E-state index in [4.69, 9.17) is 10.5 Å². The second-order valence-electron chi connectivity index (χ2n) is 5.15. The number of nitrogens with one attached hydrogen (secondary N) is 1. The number of hydrogen-bond donors (Lipinski definition) is 2. The SMILES string of the molecule is COc1ccc(-n2ccnc2S(C)=O)c(NC(=O)CC(C)N)c1. The zero-order valence-electron chi connectivity index (χ0n) is 13.3. The number of nitrogens with two attached hydrogens (primary N) is 1. The summed E-state index contributed by atoms with van der Waals surface area (Å²) in [5.41, 5.74) is 6.86. The van der Waals surface area contributed by atoms with Gasteiger partial charge in [0.25, 0.3) is 0 Å². The molecule has 2 atom stereocenters.